The summed E-state index contributed by atoms with van der Waals surface area (Å²) >= 11 is 1.49. The van der Waals surface area contributed by atoms with Crippen molar-refractivity contribution in [1.29, 1.82) is 0 Å². The number of fused-ring (bicyclic) bond motifs is 1. The van der Waals surface area contributed by atoms with E-state index in [1.54, 1.807) is 0 Å². The minimum absolute atomic E-state index is 0.108. The Labute approximate surface area is 158 Å². The molecule has 1 N–H and O–H groups in total. The molecular weight excluding hydrogens is 374 g/mol. The monoisotopic (exact) mass is 392 g/mol. The van der Waals surface area contributed by atoms with Gasteiger partial charge in [-0.25, -0.2) is 18.6 Å². The van der Waals surface area contributed by atoms with Crippen LogP contribution < -0.4 is 10.2 Å². The van der Waals surface area contributed by atoms with E-state index in [1.165, 1.54) is 32.1 Å². The molecule has 0 unspecified atom stereocenters. The van der Waals surface area contributed by atoms with Crippen LogP contribution in [0.2, 0.25) is 0 Å². The lowest BCUT2D eigenvalue weighted by molar-refractivity contribution is -0.116. The first kappa shape index (κ1) is 17.8. The van der Waals surface area contributed by atoms with E-state index in [4.69, 9.17) is 0 Å². The number of aromatic nitrogens is 1. The number of hydrogen-bond acceptors (Lipinski definition) is 4. The summed E-state index contributed by atoms with van der Waals surface area (Å²) in [5, 5.41) is 3.33. The minimum atomic E-state index is -1.01. The van der Waals surface area contributed by atoms with Gasteiger partial charge in [0.2, 0.25) is 5.91 Å². The molecule has 0 bridgehead atoms. The number of amides is 3. The zero-order valence-electron chi connectivity index (χ0n) is 14.5. The number of thiazole rings is 1. The average Bonchev–Trinajstić information content (AvgIpc) is 3.20. The van der Waals surface area contributed by atoms with E-state index in [1.807, 2.05) is 0 Å². The third kappa shape index (κ3) is 3.64. The van der Waals surface area contributed by atoms with E-state index >= 15 is 0 Å². The lowest BCUT2D eigenvalue weighted by atomic mass is 10.0. The first-order valence-electron chi connectivity index (χ1n) is 8.81. The van der Waals surface area contributed by atoms with Crippen molar-refractivity contribution in [3.63, 3.8) is 0 Å². The number of aryl methyl sites for hydroxylation is 2. The second-order valence-corrected chi connectivity index (χ2v) is 7.68. The van der Waals surface area contributed by atoms with Crippen molar-refractivity contribution in [2.75, 3.05) is 29.9 Å². The number of urea groups is 1. The molecule has 1 aliphatic carbocycles. The maximum atomic E-state index is 13.4. The molecule has 142 valence electrons. The number of nitrogens with one attached hydrogen (secondary N) is 1. The van der Waals surface area contributed by atoms with E-state index in [0.717, 1.165) is 43.5 Å². The first-order valence-corrected chi connectivity index (χ1v) is 9.63. The maximum absolute atomic E-state index is 13.4. The number of carbonyl (C=O) groups is 2. The molecule has 1 aromatic heterocycles. The van der Waals surface area contributed by atoms with Crippen LogP contribution in [0.5, 0.6) is 0 Å². The number of benzene rings is 1. The topological polar surface area (TPSA) is 65.5 Å². The predicted octanol–water partition coefficient (Wildman–Crippen LogP) is 3.18. The van der Waals surface area contributed by atoms with Gasteiger partial charge >= 0.3 is 6.03 Å². The van der Waals surface area contributed by atoms with Gasteiger partial charge in [0.15, 0.2) is 16.8 Å². The SMILES string of the molecule is O=C(CN1CCN(c2ccc(F)c(F)c2)C1=O)Nc1nc2c(s1)CCCC2. The highest BCUT2D eigenvalue weighted by Gasteiger charge is 2.31. The molecular formula is C18H18F2N4O2S. The molecule has 27 heavy (non-hydrogen) atoms. The molecule has 0 atom stereocenters. The smallest absolute Gasteiger partial charge is 0.313 e. The number of carbonyl (C=O) groups excluding carboxylic acids is 2. The Bertz CT molecular complexity index is 878. The van der Waals surface area contributed by atoms with Crippen molar-refractivity contribution in [2.45, 2.75) is 25.7 Å². The molecule has 2 aromatic rings. The molecule has 9 heteroatoms. The summed E-state index contributed by atoms with van der Waals surface area (Å²) in [4.78, 5) is 33.2. The molecule has 6 nitrogen and oxygen atoms in total. The van der Waals surface area contributed by atoms with Crippen LogP contribution in [0.15, 0.2) is 18.2 Å². The highest BCUT2D eigenvalue weighted by molar-refractivity contribution is 7.15. The van der Waals surface area contributed by atoms with E-state index in [2.05, 4.69) is 10.3 Å². The summed E-state index contributed by atoms with van der Waals surface area (Å²) in [5.41, 5.74) is 1.33. The number of anilines is 2. The third-order valence-electron chi connectivity index (χ3n) is 4.74. The molecule has 1 fully saturated rings. The van der Waals surface area contributed by atoms with Gasteiger partial charge in [-0.2, -0.15) is 0 Å². The van der Waals surface area contributed by atoms with E-state index in [0.29, 0.717) is 18.2 Å². The Morgan fingerprint density at radius 2 is 2.00 bits per heavy atom. The lowest BCUT2D eigenvalue weighted by Gasteiger charge is -2.18. The number of nitrogens with zero attached hydrogens (tertiary/aromatic N) is 3. The third-order valence-corrected chi connectivity index (χ3v) is 5.81. The number of rotatable bonds is 4. The van der Waals surface area contributed by atoms with Gasteiger partial charge in [0.25, 0.3) is 0 Å². The molecule has 2 aliphatic rings. The summed E-state index contributed by atoms with van der Waals surface area (Å²) in [6, 6.07) is 2.91. The Morgan fingerprint density at radius 1 is 1.19 bits per heavy atom. The van der Waals surface area contributed by atoms with Gasteiger partial charge in [-0.05, 0) is 37.8 Å². The fourth-order valence-electron chi connectivity index (χ4n) is 3.36. The number of hydrogen-bond donors (Lipinski definition) is 1. The summed E-state index contributed by atoms with van der Waals surface area (Å²) in [7, 11) is 0. The van der Waals surface area contributed by atoms with Gasteiger partial charge in [0.05, 0.1) is 5.69 Å². The standard InChI is InChI=1S/C18H18F2N4O2S/c19-12-6-5-11(9-13(12)20)24-8-7-23(18(24)26)10-16(25)22-17-21-14-3-1-2-4-15(14)27-17/h5-6,9H,1-4,7-8,10H2,(H,21,22,25). The Balaban J connectivity index is 1.38. The Hall–Kier alpha value is -2.55. The first-order chi connectivity index (χ1) is 13.0. The highest BCUT2D eigenvalue weighted by Crippen LogP contribution is 2.29. The molecule has 1 aromatic carbocycles. The van der Waals surface area contributed by atoms with Crippen LogP contribution in [-0.2, 0) is 17.6 Å². The van der Waals surface area contributed by atoms with Crippen LogP contribution >= 0.6 is 11.3 Å². The van der Waals surface area contributed by atoms with Crippen molar-refractivity contribution < 1.29 is 18.4 Å². The van der Waals surface area contributed by atoms with Gasteiger partial charge in [-0.1, -0.05) is 0 Å². The zero-order chi connectivity index (χ0) is 19.0. The Kier molecular flexibility index (Phi) is 4.77. The van der Waals surface area contributed by atoms with Crippen LogP contribution in [0.1, 0.15) is 23.4 Å². The van der Waals surface area contributed by atoms with E-state index in [-0.39, 0.29) is 18.1 Å². The Morgan fingerprint density at radius 3 is 2.78 bits per heavy atom. The molecule has 0 radical (unpaired) electrons. The molecule has 1 saturated heterocycles. The van der Waals surface area contributed by atoms with Crippen molar-refractivity contribution in [3.8, 4) is 0 Å². The molecule has 2 heterocycles. The van der Waals surface area contributed by atoms with Crippen molar-refractivity contribution in [2.24, 2.45) is 0 Å². The zero-order valence-corrected chi connectivity index (χ0v) is 15.3. The van der Waals surface area contributed by atoms with Gasteiger partial charge in [0.1, 0.15) is 6.54 Å². The van der Waals surface area contributed by atoms with Crippen molar-refractivity contribution in [3.05, 3.63) is 40.4 Å². The highest BCUT2D eigenvalue weighted by atomic mass is 32.1. The van der Waals surface area contributed by atoms with Crippen LogP contribution in [0.3, 0.4) is 0 Å². The maximum Gasteiger partial charge on any atom is 0.325 e. The van der Waals surface area contributed by atoms with Crippen LogP contribution in [-0.4, -0.2) is 41.5 Å². The summed E-state index contributed by atoms with van der Waals surface area (Å²) in [6.07, 6.45) is 4.20. The fourth-order valence-corrected chi connectivity index (χ4v) is 4.43. The second-order valence-electron chi connectivity index (χ2n) is 6.60. The molecule has 4 rings (SSSR count). The van der Waals surface area contributed by atoms with Gasteiger partial charge in [-0.15, -0.1) is 11.3 Å². The summed E-state index contributed by atoms with van der Waals surface area (Å²) in [5.74, 6) is -2.29. The van der Waals surface area contributed by atoms with Gasteiger partial charge in [0, 0.05) is 29.7 Å². The predicted molar refractivity (Wildman–Crippen MR) is 98.1 cm³/mol. The van der Waals surface area contributed by atoms with Crippen LogP contribution in [0.25, 0.3) is 0 Å². The van der Waals surface area contributed by atoms with Crippen LogP contribution in [0.4, 0.5) is 24.4 Å². The molecule has 0 saturated carbocycles. The molecule has 3 amide bonds. The molecule has 0 spiro atoms. The summed E-state index contributed by atoms with van der Waals surface area (Å²) < 4.78 is 26.5. The van der Waals surface area contributed by atoms with E-state index in [9.17, 15) is 18.4 Å². The van der Waals surface area contributed by atoms with Gasteiger partial charge < -0.3 is 10.2 Å². The molecule has 1 aliphatic heterocycles. The van der Waals surface area contributed by atoms with Crippen molar-refractivity contribution in [1.82, 2.24) is 9.88 Å². The fraction of sp³-hybridized carbons (Fsp3) is 0.389. The normalized spacial score (nSPS) is 16.6. The van der Waals surface area contributed by atoms with Gasteiger partial charge in [-0.3, -0.25) is 9.69 Å². The second kappa shape index (κ2) is 7.22. The minimum Gasteiger partial charge on any atom is -0.313 e. The largest absolute Gasteiger partial charge is 0.325 e. The number of halogens is 2. The average molecular weight is 392 g/mol. The lowest BCUT2D eigenvalue weighted by Crippen LogP contribution is -2.37. The van der Waals surface area contributed by atoms with Crippen LogP contribution in [0, 0.1) is 11.6 Å². The summed E-state index contributed by atoms with van der Waals surface area (Å²) in [6.45, 7) is 0.533. The van der Waals surface area contributed by atoms with E-state index < -0.39 is 17.7 Å². The van der Waals surface area contributed by atoms with Crippen molar-refractivity contribution >= 4 is 34.1 Å². The quantitative estimate of drug-likeness (QED) is 0.869.